The van der Waals surface area contributed by atoms with Gasteiger partial charge in [0.05, 0.1) is 24.9 Å². The average molecular weight is 295 g/mol. The van der Waals surface area contributed by atoms with E-state index in [9.17, 15) is 0 Å². The number of nitrogens with zero attached hydrogens (tertiary/aromatic N) is 2. The van der Waals surface area contributed by atoms with Crippen LogP contribution in [0.25, 0.3) is 0 Å². The second-order valence-electron chi connectivity index (χ2n) is 6.11. The molecule has 3 atom stereocenters. The Morgan fingerprint density at radius 3 is 2.81 bits per heavy atom. The highest BCUT2D eigenvalue weighted by Crippen LogP contribution is 2.45. The Morgan fingerprint density at radius 2 is 2.29 bits per heavy atom. The molecule has 21 heavy (non-hydrogen) atoms. The molecule has 120 valence electrons. The molecule has 3 unspecified atom stereocenters. The largest absolute Gasteiger partial charge is 0.493 e. The number of aromatic nitrogens is 2. The molecule has 0 spiro atoms. The fraction of sp³-hybridized carbons (Fsp3) is 0.812. The summed E-state index contributed by atoms with van der Waals surface area (Å²) in [6.45, 7) is 5.24. The molecule has 0 saturated heterocycles. The number of hydrogen-bond donors (Lipinski definition) is 1. The van der Waals surface area contributed by atoms with Crippen LogP contribution in [0.5, 0.6) is 5.75 Å². The van der Waals surface area contributed by atoms with Gasteiger partial charge in [-0.15, -0.1) is 0 Å². The van der Waals surface area contributed by atoms with E-state index in [-0.39, 0.29) is 11.6 Å². The Balaban J connectivity index is 2.44. The minimum atomic E-state index is -0.188. The molecule has 1 aliphatic carbocycles. The summed E-state index contributed by atoms with van der Waals surface area (Å²) in [6.07, 6.45) is 6.42. The summed E-state index contributed by atoms with van der Waals surface area (Å²) in [5.74, 6) is 1.52. The summed E-state index contributed by atoms with van der Waals surface area (Å²) >= 11 is 0. The molecule has 1 N–H and O–H groups in total. The molecule has 0 amide bonds. The number of rotatable bonds is 6. The van der Waals surface area contributed by atoms with Gasteiger partial charge in [0.1, 0.15) is 5.69 Å². The second kappa shape index (κ2) is 6.79. The van der Waals surface area contributed by atoms with E-state index in [0.29, 0.717) is 5.92 Å². The van der Waals surface area contributed by atoms with E-state index in [1.165, 1.54) is 12.8 Å². The van der Waals surface area contributed by atoms with Crippen LogP contribution < -0.4 is 10.1 Å². The van der Waals surface area contributed by atoms with E-state index in [2.05, 4.69) is 24.3 Å². The SMILES string of the molecule is CCn1ncc(OC)c1C(NC)C1(OC)CCCC(C)C1. The summed E-state index contributed by atoms with van der Waals surface area (Å²) < 4.78 is 13.6. The maximum atomic E-state index is 6.07. The lowest BCUT2D eigenvalue weighted by molar-refractivity contribution is -0.0811. The van der Waals surface area contributed by atoms with Crippen LogP contribution in [0.3, 0.4) is 0 Å². The Labute approximate surface area is 128 Å². The van der Waals surface area contributed by atoms with Crippen LogP contribution in [-0.2, 0) is 11.3 Å². The van der Waals surface area contributed by atoms with Gasteiger partial charge in [0.15, 0.2) is 5.75 Å². The van der Waals surface area contributed by atoms with E-state index in [1.54, 1.807) is 13.3 Å². The molecule has 1 saturated carbocycles. The highest BCUT2D eigenvalue weighted by molar-refractivity contribution is 5.31. The maximum absolute atomic E-state index is 6.07. The van der Waals surface area contributed by atoms with Crippen molar-refractivity contribution < 1.29 is 9.47 Å². The topological polar surface area (TPSA) is 48.3 Å². The van der Waals surface area contributed by atoms with Crippen molar-refractivity contribution in [1.82, 2.24) is 15.1 Å². The zero-order valence-corrected chi connectivity index (χ0v) is 14.0. The van der Waals surface area contributed by atoms with Crippen LogP contribution >= 0.6 is 0 Å². The number of methoxy groups -OCH3 is 2. The average Bonchev–Trinajstić information content (AvgIpc) is 2.91. The molecule has 1 aromatic rings. The van der Waals surface area contributed by atoms with Crippen molar-refractivity contribution in [2.45, 2.75) is 57.7 Å². The molecule has 1 fully saturated rings. The molecule has 0 aliphatic heterocycles. The molecule has 1 aliphatic rings. The van der Waals surface area contributed by atoms with Gasteiger partial charge in [-0.2, -0.15) is 5.10 Å². The monoisotopic (exact) mass is 295 g/mol. The number of likely N-dealkylation sites (N-methyl/N-ethyl adjacent to an activating group) is 1. The Morgan fingerprint density at radius 1 is 1.52 bits per heavy atom. The van der Waals surface area contributed by atoms with E-state index >= 15 is 0 Å². The first-order valence-corrected chi connectivity index (χ1v) is 7.94. The van der Waals surface area contributed by atoms with E-state index < -0.39 is 0 Å². The molecular formula is C16H29N3O2. The van der Waals surface area contributed by atoms with Gasteiger partial charge in [0, 0.05) is 13.7 Å². The molecule has 5 heteroatoms. The van der Waals surface area contributed by atoms with Gasteiger partial charge in [-0.25, -0.2) is 0 Å². The molecule has 1 heterocycles. The minimum absolute atomic E-state index is 0.0858. The van der Waals surface area contributed by atoms with Crippen LogP contribution in [-0.4, -0.2) is 36.6 Å². The molecule has 0 aromatic carbocycles. The summed E-state index contributed by atoms with van der Waals surface area (Å²) in [5.41, 5.74) is 0.908. The van der Waals surface area contributed by atoms with Gasteiger partial charge in [0.25, 0.3) is 0 Å². The predicted molar refractivity (Wildman–Crippen MR) is 83.6 cm³/mol. The van der Waals surface area contributed by atoms with Gasteiger partial charge in [-0.1, -0.05) is 19.8 Å². The third-order valence-electron chi connectivity index (χ3n) is 4.85. The van der Waals surface area contributed by atoms with Gasteiger partial charge in [0.2, 0.25) is 0 Å². The highest BCUT2D eigenvalue weighted by Gasteiger charge is 2.44. The maximum Gasteiger partial charge on any atom is 0.161 e. The van der Waals surface area contributed by atoms with Gasteiger partial charge in [-0.3, -0.25) is 4.68 Å². The molecule has 1 aromatic heterocycles. The first kappa shape index (κ1) is 16.3. The van der Waals surface area contributed by atoms with Crippen molar-refractivity contribution in [3.05, 3.63) is 11.9 Å². The molecule has 0 bridgehead atoms. The smallest absolute Gasteiger partial charge is 0.161 e. The van der Waals surface area contributed by atoms with Crippen molar-refractivity contribution in [3.63, 3.8) is 0 Å². The number of aryl methyl sites for hydroxylation is 1. The number of ether oxygens (including phenoxy) is 2. The first-order chi connectivity index (χ1) is 10.1. The molecular weight excluding hydrogens is 266 g/mol. The van der Waals surface area contributed by atoms with Crippen LogP contribution in [0, 0.1) is 5.92 Å². The fourth-order valence-corrected chi connectivity index (χ4v) is 3.84. The Hall–Kier alpha value is -1.07. The molecule has 5 nitrogen and oxygen atoms in total. The van der Waals surface area contributed by atoms with Gasteiger partial charge in [-0.05, 0) is 32.7 Å². The van der Waals surface area contributed by atoms with E-state index in [0.717, 1.165) is 30.8 Å². The molecule has 2 rings (SSSR count). The number of hydrogen-bond acceptors (Lipinski definition) is 4. The molecule has 0 radical (unpaired) electrons. The summed E-state index contributed by atoms with van der Waals surface area (Å²) in [5, 5.41) is 7.92. The fourth-order valence-electron chi connectivity index (χ4n) is 3.84. The zero-order chi connectivity index (χ0) is 15.5. The van der Waals surface area contributed by atoms with Crippen molar-refractivity contribution >= 4 is 0 Å². The third-order valence-corrected chi connectivity index (χ3v) is 4.85. The predicted octanol–water partition coefficient (Wildman–Crippen LogP) is 2.77. The Bertz CT molecular complexity index is 439. The summed E-state index contributed by atoms with van der Waals surface area (Å²) in [4.78, 5) is 0. The van der Waals surface area contributed by atoms with E-state index in [1.807, 2.05) is 18.8 Å². The minimum Gasteiger partial charge on any atom is -0.493 e. The van der Waals surface area contributed by atoms with Crippen LogP contribution in [0.4, 0.5) is 0 Å². The lowest BCUT2D eigenvalue weighted by atomic mass is 9.73. The second-order valence-corrected chi connectivity index (χ2v) is 6.11. The van der Waals surface area contributed by atoms with Crippen LogP contribution in [0.15, 0.2) is 6.20 Å². The lowest BCUT2D eigenvalue weighted by Crippen LogP contribution is -2.48. The van der Waals surface area contributed by atoms with Gasteiger partial charge >= 0.3 is 0 Å². The Kier molecular flexibility index (Phi) is 5.27. The zero-order valence-electron chi connectivity index (χ0n) is 14.0. The van der Waals surface area contributed by atoms with Crippen LogP contribution in [0.2, 0.25) is 0 Å². The number of nitrogens with one attached hydrogen (secondary N) is 1. The van der Waals surface area contributed by atoms with Crippen LogP contribution in [0.1, 0.15) is 51.3 Å². The third kappa shape index (κ3) is 2.94. The normalized spacial score (nSPS) is 27.6. The highest BCUT2D eigenvalue weighted by atomic mass is 16.5. The summed E-state index contributed by atoms with van der Waals surface area (Å²) in [6, 6.07) is 0.0858. The van der Waals surface area contributed by atoms with Crippen molar-refractivity contribution in [3.8, 4) is 5.75 Å². The van der Waals surface area contributed by atoms with Crippen molar-refractivity contribution in [1.29, 1.82) is 0 Å². The van der Waals surface area contributed by atoms with Crippen molar-refractivity contribution in [2.75, 3.05) is 21.3 Å². The van der Waals surface area contributed by atoms with E-state index in [4.69, 9.17) is 9.47 Å². The quantitative estimate of drug-likeness (QED) is 0.876. The van der Waals surface area contributed by atoms with Crippen molar-refractivity contribution in [2.24, 2.45) is 5.92 Å². The lowest BCUT2D eigenvalue weighted by Gasteiger charge is -2.44. The standard InChI is InChI=1S/C16H29N3O2/c1-6-19-14(13(20-4)11-18-19)15(17-3)16(21-5)9-7-8-12(2)10-16/h11-12,15,17H,6-10H2,1-5H3. The van der Waals surface area contributed by atoms with Gasteiger partial charge < -0.3 is 14.8 Å². The first-order valence-electron chi connectivity index (χ1n) is 7.94. The summed E-state index contributed by atoms with van der Waals surface area (Å²) in [7, 11) is 5.54.